The number of benzene rings is 1. The molecule has 5 rings (SSSR count). The summed E-state index contributed by atoms with van der Waals surface area (Å²) < 4.78 is 5.26. The summed E-state index contributed by atoms with van der Waals surface area (Å²) in [5.74, 6) is -10.3. The van der Waals surface area contributed by atoms with Gasteiger partial charge in [-0.2, -0.15) is 0 Å². The monoisotopic (exact) mass is 521 g/mol. The van der Waals surface area contributed by atoms with Crippen LogP contribution in [0.15, 0.2) is 30.6 Å². The van der Waals surface area contributed by atoms with Gasteiger partial charge < -0.3 is 20.7 Å². The number of hydrogen-bond acceptors (Lipinski definition) is 10. The number of Topliss-reactive ketones (excluding diaryl/α,β-unsaturated/α-hetero) is 4. The molecule has 38 heavy (non-hydrogen) atoms. The first-order valence-corrected chi connectivity index (χ1v) is 12.1. The van der Waals surface area contributed by atoms with E-state index in [1.165, 1.54) is 24.3 Å². The lowest BCUT2D eigenvalue weighted by molar-refractivity contribution is -0.181. The quantitative estimate of drug-likeness (QED) is 0.462. The summed E-state index contributed by atoms with van der Waals surface area (Å²) in [7, 11) is 4.58. The molecule has 1 aromatic heterocycles. The molecule has 2 aromatic rings. The van der Waals surface area contributed by atoms with Crippen LogP contribution < -0.4 is 10.5 Å². The number of aromatic nitrogens is 1. The smallest absolute Gasteiger partial charge is 0.235 e. The van der Waals surface area contributed by atoms with Crippen molar-refractivity contribution in [3.05, 3.63) is 41.7 Å². The minimum Gasteiger partial charge on any atom is -0.507 e. The molecule has 4 N–H and O–H groups in total. The number of carbonyl (C=O) groups excluding carboxylic acids is 5. The predicted octanol–water partition coefficient (Wildman–Crippen LogP) is -0.0624. The number of rotatable bonds is 4. The molecule has 0 aliphatic heterocycles. The number of ketones is 4. The summed E-state index contributed by atoms with van der Waals surface area (Å²) in [5.41, 5.74) is 4.25. The molecule has 3 aliphatic carbocycles. The SMILES string of the molecule is COc1cncc(-c2ccc(O)c3c2C[C@H]2C[C@H]4[C@H](N(C)C)C(=O)C(C(N)=O)C(=O)[C@@]4(O)C(=O)C2C3=O)c1. The van der Waals surface area contributed by atoms with Crippen molar-refractivity contribution in [2.24, 2.45) is 29.4 Å². The third kappa shape index (κ3) is 3.42. The van der Waals surface area contributed by atoms with E-state index in [2.05, 4.69) is 4.98 Å². The molecule has 198 valence electrons. The zero-order chi connectivity index (χ0) is 27.7. The lowest BCUT2D eigenvalue weighted by atomic mass is 9.52. The van der Waals surface area contributed by atoms with E-state index < -0.39 is 64.4 Å². The van der Waals surface area contributed by atoms with Crippen LogP contribution in [-0.4, -0.2) is 82.0 Å². The van der Waals surface area contributed by atoms with Gasteiger partial charge in [-0.05, 0) is 56.1 Å². The van der Waals surface area contributed by atoms with Crippen molar-refractivity contribution in [3.8, 4) is 22.6 Å². The highest BCUT2D eigenvalue weighted by Crippen LogP contribution is 2.51. The third-order valence-corrected chi connectivity index (χ3v) is 8.20. The van der Waals surface area contributed by atoms with E-state index in [4.69, 9.17) is 10.5 Å². The largest absolute Gasteiger partial charge is 0.507 e. The van der Waals surface area contributed by atoms with Crippen LogP contribution in [0.1, 0.15) is 22.3 Å². The van der Waals surface area contributed by atoms with Gasteiger partial charge in [0.25, 0.3) is 0 Å². The standard InChI is InChI=1S/C27H27N3O8/c1-30(2)21-16-8-11-7-15-14(12-6-13(38-3)10-29-9-12)4-5-17(31)19(15)22(32)18(11)24(34)27(16,37)25(35)20(23(21)33)26(28)36/h4-6,9-11,16,18,20-21,31,37H,7-8H2,1-3H3,(H2,28,36)/t11-,16-,18?,20?,21-,27-/m0/s1. The van der Waals surface area contributed by atoms with Crippen molar-refractivity contribution >= 4 is 29.0 Å². The Labute approximate surface area is 217 Å². The number of phenols is 1. The van der Waals surface area contributed by atoms with Crippen molar-refractivity contribution in [3.63, 3.8) is 0 Å². The van der Waals surface area contributed by atoms with E-state index in [0.29, 0.717) is 22.4 Å². The van der Waals surface area contributed by atoms with E-state index in [0.717, 1.165) is 0 Å². The van der Waals surface area contributed by atoms with Gasteiger partial charge in [-0.1, -0.05) is 6.07 Å². The first-order valence-electron chi connectivity index (χ1n) is 12.1. The van der Waals surface area contributed by atoms with Gasteiger partial charge in [0.1, 0.15) is 11.5 Å². The van der Waals surface area contributed by atoms with Crippen molar-refractivity contribution in [1.29, 1.82) is 0 Å². The maximum absolute atomic E-state index is 13.9. The molecule has 1 amide bonds. The number of primary amides is 1. The number of hydrogen-bond donors (Lipinski definition) is 3. The molecule has 3 aliphatic rings. The van der Waals surface area contributed by atoms with E-state index >= 15 is 0 Å². The summed E-state index contributed by atoms with van der Waals surface area (Å²) in [6, 6.07) is 3.56. The summed E-state index contributed by atoms with van der Waals surface area (Å²) in [4.78, 5) is 71.8. The number of amides is 1. The van der Waals surface area contributed by atoms with Crippen molar-refractivity contribution in [1.82, 2.24) is 9.88 Å². The fourth-order valence-corrected chi connectivity index (χ4v) is 6.55. The van der Waals surface area contributed by atoms with Gasteiger partial charge in [0.15, 0.2) is 34.7 Å². The molecular formula is C27H27N3O8. The second kappa shape index (κ2) is 8.81. The first-order chi connectivity index (χ1) is 17.9. The van der Waals surface area contributed by atoms with Crippen LogP contribution in [0.25, 0.3) is 11.1 Å². The summed E-state index contributed by atoms with van der Waals surface area (Å²) in [6.45, 7) is 0. The van der Waals surface area contributed by atoms with Crippen LogP contribution in [0.5, 0.6) is 11.5 Å². The molecule has 1 aromatic carbocycles. The fourth-order valence-electron chi connectivity index (χ4n) is 6.55. The molecule has 6 atom stereocenters. The van der Waals surface area contributed by atoms with Crippen LogP contribution in [0.3, 0.4) is 0 Å². The molecule has 2 fully saturated rings. The lowest BCUT2D eigenvalue weighted by Gasteiger charge is -2.52. The average Bonchev–Trinajstić information content (AvgIpc) is 2.86. The Balaban J connectivity index is 1.66. The molecule has 0 bridgehead atoms. The highest BCUT2D eigenvalue weighted by Gasteiger charge is 2.69. The Hall–Kier alpha value is -3.96. The third-order valence-electron chi connectivity index (χ3n) is 8.20. The minimum absolute atomic E-state index is 0.0185. The Kier molecular flexibility index (Phi) is 5.96. The Morgan fingerprint density at radius 3 is 2.50 bits per heavy atom. The number of ether oxygens (including phenoxy) is 1. The van der Waals surface area contributed by atoms with Crippen LogP contribution in [0, 0.1) is 23.7 Å². The summed E-state index contributed by atoms with van der Waals surface area (Å²) in [5, 5.41) is 22.3. The van der Waals surface area contributed by atoms with Crippen molar-refractivity contribution in [2.75, 3.05) is 21.2 Å². The lowest BCUT2D eigenvalue weighted by Crippen LogP contribution is -2.74. The highest BCUT2D eigenvalue weighted by atomic mass is 16.5. The number of aliphatic hydroxyl groups is 1. The zero-order valence-corrected chi connectivity index (χ0v) is 21.0. The summed E-state index contributed by atoms with van der Waals surface area (Å²) in [6.07, 6.45) is 3.25. The van der Waals surface area contributed by atoms with Gasteiger partial charge in [0.2, 0.25) is 5.91 Å². The molecular weight excluding hydrogens is 494 g/mol. The number of nitrogens with two attached hydrogens (primary N) is 1. The highest BCUT2D eigenvalue weighted by molar-refractivity contribution is 6.32. The Bertz CT molecular complexity index is 1420. The van der Waals surface area contributed by atoms with Gasteiger partial charge in [-0.3, -0.25) is 33.9 Å². The number of methoxy groups -OCH3 is 1. The van der Waals surface area contributed by atoms with E-state index in [1.807, 2.05) is 0 Å². The fraction of sp³-hybridized carbons (Fsp3) is 0.407. The second-order valence-electron chi connectivity index (χ2n) is 10.4. The number of phenolic OH excluding ortho intramolecular Hbond substituents is 1. The maximum atomic E-state index is 13.9. The molecule has 2 unspecified atom stereocenters. The zero-order valence-electron chi connectivity index (χ0n) is 21.0. The van der Waals surface area contributed by atoms with Crippen molar-refractivity contribution < 1.29 is 38.9 Å². The molecule has 0 saturated heterocycles. The number of pyridine rings is 1. The summed E-state index contributed by atoms with van der Waals surface area (Å²) >= 11 is 0. The molecule has 0 radical (unpaired) electrons. The molecule has 11 nitrogen and oxygen atoms in total. The van der Waals surface area contributed by atoms with Crippen LogP contribution >= 0.6 is 0 Å². The molecule has 2 saturated carbocycles. The number of fused-ring (bicyclic) bond motifs is 3. The van der Waals surface area contributed by atoms with Crippen LogP contribution in [0.4, 0.5) is 0 Å². The van der Waals surface area contributed by atoms with Crippen LogP contribution in [-0.2, 0) is 25.6 Å². The topological polar surface area (TPSA) is 177 Å². The van der Waals surface area contributed by atoms with E-state index in [1.54, 1.807) is 32.4 Å². The number of likely N-dealkylation sites (N-methyl/N-ethyl adjacent to an activating group) is 1. The number of carbonyl (C=O) groups is 5. The molecule has 0 spiro atoms. The average molecular weight is 522 g/mol. The number of nitrogens with zero attached hydrogens (tertiary/aromatic N) is 2. The second-order valence-corrected chi connectivity index (χ2v) is 10.4. The van der Waals surface area contributed by atoms with Gasteiger partial charge >= 0.3 is 0 Å². The van der Waals surface area contributed by atoms with E-state index in [-0.39, 0.29) is 24.2 Å². The van der Waals surface area contributed by atoms with Gasteiger partial charge in [-0.25, -0.2) is 0 Å². The number of aromatic hydroxyl groups is 1. The maximum Gasteiger partial charge on any atom is 0.235 e. The normalized spacial score (nSPS) is 30.5. The Morgan fingerprint density at radius 2 is 1.87 bits per heavy atom. The molecule has 11 heteroatoms. The van der Waals surface area contributed by atoms with Gasteiger partial charge in [-0.15, -0.1) is 0 Å². The predicted molar refractivity (Wildman–Crippen MR) is 131 cm³/mol. The van der Waals surface area contributed by atoms with Crippen LogP contribution in [0.2, 0.25) is 0 Å². The Morgan fingerprint density at radius 1 is 1.16 bits per heavy atom. The van der Waals surface area contributed by atoms with E-state index in [9.17, 15) is 34.2 Å². The van der Waals surface area contributed by atoms with Gasteiger partial charge in [0.05, 0.1) is 30.8 Å². The first kappa shape index (κ1) is 25.7. The molecule has 1 heterocycles. The van der Waals surface area contributed by atoms with Crippen molar-refractivity contribution in [2.45, 2.75) is 24.5 Å². The van der Waals surface area contributed by atoms with Gasteiger partial charge in [0, 0.05) is 17.7 Å². The minimum atomic E-state index is -2.75.